The number of carboxylic acid groups (broad SMARTS) is 2. The zero-order chi connectivity index (χ0) is 28.1. The van der Waals surface area contributed by atoms with Gasteiger partial charge in [-0.3, -0.25) is 10.1 Å². The lowest BCUT2D eigenvalue weighted by Gasteiger charge is -2.09. The highest BCUT2D eigenvalue weighted by molar-refractivity contribution is 5.91. The summed E-state index contributed by atoms with van der Waals surface area (Å²) in [7, 11) is 0. The summed E-state index contributed by atoms with van der Waals surface area (Å²) in [5, 5.41) is 48.7. The highest BCUT2D eigenvalue weighted by Crippen LogP contribution is 2.38. The second-order valence-corrected chi connectivity index (χ2v) is 8.46. The van der Waals surface area contributed by atoms with E-state index in [-0.39, 0.29) is 40.5 Å². The van der Waals surface area contributed by atoms with Crippen LogP contribution < -0.4 is 5.73 Å². The van der Waals surface area contributed by atoms with Crippen molar-refractivity contribution in [1.29, 1.82) is 0 Å². The molecule has 4 rings (SSSR count). The van der Waals surface area contributed by atoms with Crippen LogP contribution in [-0.4, -0.2) is 37.3 Å². The Bertz CT molecular complexity index is 1570. The number of nitrogen functional groups attached to an aromatic ring is 1. The molecule has 0 unspecified atom stereocenters. The Morgan fingerprint density at radius 3 is 1.62 bits per heavy atom. The van der Waals surface area contributed by atoms with Gasteiger partial charge in [0.25, 0.3) is 0 Å². The van der Waals surface area contributed by atoms with E-state index in [1.807, 2.05) is 6.92 Å². The molecular weight excluding hydrogens is 528 g/mol. The van der Waals surface area contributed by atoms with Gasteiger partial charge in [0.05, 0.1) is 21.7 Å². The quantitative estimate of drug-likeness (QED) is 0.0851. The number of rotatable bonds is 5. The Morgan fingerprint density at radius 2 is 1.18 bits per heavy atom. The summed E-state index contributed by atoms with van der Waals surface area (Å²) in [6.07, 6.45) is 0. The van der Waals surface area contributed by atoms with Gasteiger partial charge in [0.2, 0.25) is 5.75 Å². The van der Waals surface area contributed by atoms with Gasteiger partial charge in [0, 0.05) is 17.2 Å². The van der Waals surface area contributed by atoms with E-state index < -0.39 is 28.3 Å². The molecule has 0 spiro atoms. The van der Waals surface area contributed by atoms with E-state index in [4.69, 9.17) is 15.9 Å². The molecule has 0 amide bonds. The van der Waals surface area contributed by atoms with Crippen LogP contribution in [-0.2, 0) is 0 Å². The van der Waals surface area contributed by atoms with Crippen molar-refractivity contribution in [3.05, 3.63) is 105 Å². The molecule has 0 saturated heterocycles. The van der Waals surface area contributed by atoms with Crippen LogP contribution in [0.1, 0.15) is 31.8 Å². The fraction of sp³-hybridized carbons (Fsp3) is 0.0714. The zero-order valence-electron chi connectivity index (χ0n) is 20.8. The first-order valence-corrected chi connectivity index (χ1v) is 11.1. The molecule has 0 saturated carbocycles. The largest absolute Gasteiger partial charge is 0.505 e. The maximum atomic E-state index is 10.9. The lowest BCUT2D eigenvalue weighted by Crippen LogP contribution is -1.96. The molecule has 0 atom stereocenters. The first-order chi connectivity index (χ1) is 17.9. The number of nitrogens with zero attached hydrogens (tertiary/aromatic N) is 1. The van der Waals surface area contributed by atoms with Gasteiger partial charge in [-0.25, -0.2) is 9.59 Å². The maximum absolute atomic E-state index is 10.9. The SMILES string of the molecule is Cc1cc(-c2cccc(C(=O)O)c2)c(O)c([N+](=O)[O-])c1.Cc1cc(N)c(O)c(-c2cccc(C(=O)O)c2)c1.Cl. The third-order valence-electron chi connectivity index (χ3n) is 5.56. The summed E-state index contributed by atoms with van der Waals surface area (Å²) in [6, 6.07) is 18.5. The monoisotopic (exact) mass is 552 g/mol. The lowest BCUT2D eigenvalue weighted by molar-refractivity contribution is -0.385. The topological polar surface area (TPSA) is 184 Å². The number of carbonyl (C=O) groups is 2. The molecule has 0 radical (unpaired) electrons. The number of hydrogen-bond donors (Lipinski definition) is 5. The molecular formula is C28H25ClN2O8. The molecule has 0 aliphatic rings. The summed E-state index contributed by atoms with van der Waals surface area (Å²) in [5.74, 6) is -2.60. The van der Waals surface area contributed by atoms with Crippen LogP contribution in [0.15, 0.2) is 72.8 Å². The molecule has 4 aromatic rings. The standard InChI is InChI=1S/C14H11NO5.C14H13NO3.ClH/c1-8-5-11(13(16)12(6-8)15(19)20)9-3-2-4-10(7-9)14(17)18;1-8-5-11(13(16)12(15)6-8)9-3-2-4-10(7-9)14(17)18;/h2-7,16H,1H3,(H,17,18);2-7,16H,15H2,1H3,(H,17,18);1H. The van der Waals surface area contributed by atoms with Gasteiger partial charge in [0.1, 0.15) is 5.75 Å². The molecule has 6 N–H and O–H groups in total. The second kappa shape index (κ2) is 12.4. The van der Waals surface area contributed by atoms with E-state index in [0.29, 0.717) is 22.3 Å². The van der Waals surface area contributed by atoms with Crippen molar-refractivity contribution in [2.75, 3.05) is 5.73 Å². The Labute approximate surface area is 229 Å². The number of anilines is 1. The number of hydrogen-bond acceptors (Lipinski definition) is 7. The van der Waals surface area contributed by atoms with Crippen LogP contribution in [0.5, 0.6) is 11.5 Å². The first-order valence-electron chi connectivity index (χ1n) is 11.1. The number of carboxylic acids is 2. The Balaban J connectivity index is 0.000000268. The number of aromatic hydroxyl groups is 2. The molecule has 4 aromatic carbocycles. The predicted octanol–water partition coefficient (Wildman–Crippen LogP) is 6.04. The molecule has 39 heavy (non-hydrogen) atoms. The number of phenolic OH excluding ortho intramolecular Hbond substituents is 2. The van der Waals surface area contributed by atoms with Crippen LogP contribution in [0.25, 0.3) is 22.3 Å². The molecule has 0 aromatic heterocycles. The minimum atomic E-state index is -1.10. The predicted molar refractivity (Wildman–Crippen MR) is 149 cm³/mol. The zero-order valence-corrected chi connectivity index (χ0v) is 21.6. The van der Waals surface area contributed by atoms with Gasteiger partial charge >= 0.3 is 17.6 Å². The fourth-order valence-corrected chi connectivity index (χ4v) is 3.79. The Hall–Kier alpha value is -5.09. The number of aryl methyl sites for hydroxylation is 2. The number of halogens is 1. The Kier molecular flexibility index (Phi) is 9.61. The summed E-state index contributed by atoms with van der Waals surface area (Å²) >= 11 is 0. The van der Waals surface area contributed by atoms with E-state index in [9.17, 15) is 29.9 Å². The van der Waals surface area contributed by atoms with Gasteiger partial charge in [-0.2, -0.15) is 0 Å². The normalized spacial score (nSPS) is 10.0. The molecule has 10 nitrogen and oxygen atoms in total. The van der Waals surface area contributed by atoms with Crippen LogP contribution in [0.3, 0.4) is 0 Å². The average Bonchev–Trinajstić information content (AvgIpc) is 2.87. The second-order valence-electron chi connectivity index (χ2n) is 8.46. The third-order valence-corrected chi connectivity index (χ3v) is 5.56. The molecule has 0 heterocycles. The number of aromatic carboxylic acids is 2. The van der Waals surface area contributed by atoms with Gasteiger partial charge in [-0.1, -0.05) is 24.3 Å². The van der Waals surface area contributed by atoms with Crippen LogP contribution in [0.4, 0.5) is 11.4 Å². The summed E-state index contributed by atoms with van der Waals surface area (Å²) < 4.78 is 0. The molecule has 0 fully saturated rings. The molecule has 0 aliphatic carbocycles. The van der Waals surface area contributed by atoms with E-state index in [2.05, 4.69) is 0 Å². The number of phenols is 2. The maximum Gasteiger partial charge on any atom is 0.335 e. The number of nitro groups is 1. The average molecular weight is 553 g/mol. The van der Waals surface area contributed by atoms with Crippen LogP contribution >= 0.6 is 12.4 Å². The van der Waals surface area contributed by atoms with Crippen molar-refractivity contribution in [3.63, 3.8) is 0 Å². The number of benzene rings is 4. The molecule has 0 bridgehead atoms. The first kappa shape index (κ1) is 30.1. The molecule has 11 heteroatoms. The van der Waals surface area contributed by atoms with Crippen LogP contribution in [0, 0.1) is 24.0 Å². The minimum Gasteiger partial charge on any atom is -0.505 e. The van der Waals surface area contributed by atoms with Gasteiger partial charge in [-0.05, 0) is 78.6 Å². The van der Waals surface area contributed by atoms with Crippen molar-refractivity contribution in [2.45, 2.75) is 13.8 Å². The van der Waals surface area contributed by atoms with E-state index in [1.54, 1.807) is 43.3 Å². The number of nitro benzene ring substituents is 1. The summed E-state index contributed by atoms with van der Waals surface area (Å²) in [5.41, 5.74) is 9.11. The summed E-state index contributed by atoms with van der Waals surface area (Å²) in [4.78, 5) is 32.1. The number of nitrogens with two attached hydrogens (primary N) is 1. The molecule has 0 aliphatic heterocycles. The lowest BCUT2D eigenvalue weighted by atomic mass is 9.99. The summed E-state index contributed by atoms with van der Waals surface area (Å²) in [6.45, 7) is 3.53. The fourth-order valence-electron chi connectivity index (χ4n) is 3.79. The van der Waals surface area contributed by atoms with E-state index in [1.165, 1.54) is 36.4 Å². The van der Waals surface area contributed by atoms with Crippen molar-refractivity contribution < 1.29 is 34.9 Å². The van der Waals surface area contributed by atoms with Crippen molar-refractivity contribution in [3.8, 4) is 33.8 Å². The van der Waals surface area contributed by atoms with E-state index >= 15 is 0 Å². The van der Waals surface area contributed by atoms with Gasteiger partial charge in [0.15, 0.2) is 0 Å². The minimum absolute atomic E-state index is 0. The highest BCUT2D eigenvalue weighted by Gasteiger charge is 2.19. The Morgan fingerprint density at radius 1 is 0.744 bits per heavy atom. The smallest absolute Gasteiger partial charge is 0.335 e. The van der Waals surface area contributed by atoms with Crippen molar-refractivity contribution in [1.82, 2.24) is 0 Å². The van der Waals surface area contributed by atoms with Crippen LogP contribution in [0.2, 0.25) is 0 Å². The van der Waals surface area contributed by atoms with Crippen molar-refractivity contribution >= 4 is 35.7 Å². The van der Waals surface area contributed by atoms with Gasteiger partial charge in [-0.15, -0.1) is 12.4 Å². The highest BCUT2D eigenvalue weighted by atomic mass is 35.5. The van der Waals surface area contributed by atoms with Crippen molar-refractivity contribution in [2.24, 2.45) is 0 Å². The molecule has 202 valence electrons. The van der Waals surface area contributed by atoms with Gasteiger partial charge < -0.3 is 26.2 Å². The third kappa shape index (κ3) is 7.02. The van der Waals surface area contributed by atoms with E-state index in [0.717, 1.165) is 5.56 Å².